The lowest BCUT2D eigenvalue weighted by atomic mass is 10.1. The van der Waals surface area contributed by atoms with Gasteiger partial charge < -0.3 is 5.32 Å². The first-order valence-corrected chi connectivity index (χ1v) is 3.94. The molecule has 0 unspecified atom stereocenters. The molecule has 2 N–H and O–H groups in total. The lowest BCUT2D eigenvalue weighted by Gasteiger charge is -1.97. The minimum Gasteiger partial charge on any atom is -0.371 e. The molecular weight excluding hydrogens is 150 g/mol. The van der Waals surface area contributed by atoms with Crippen molar-refractivity contribution in [2.75, 3.05) is 12.4 Å². The third-order valence-electron chi connectivity index (χ3n) is 2.03. The van der Waals surface area contributed by atoms with Crippen LogP contribution in [0.4, 0.5) is 5.82 Å². The zero-order chi connectivity index (χ0) is 8.55. The van der Waals surface area contributed by atoms with Crippen molar-refractivity contribution in [2.24, 2.45) is 0 Å². The molecule has 62 valence electrons. The number of benzene rings is 1. The first kappa shape index (κ1) is 7.16. The summed E-state index contributed by atoms with van der Waals surface area (Å²) in [4.78, 5) is 0. The van der Waals surface area contributed by atoms with Gasteiger partial charge in [0.25, 0.3) is 0 Å². The van der Waals surface area contributed by atoms with Crippen molar-refractivity contribution >= 4 is 16.7 Å². The molecule has 1 heterocycles. The van der Waals surface area contributed by atoms with E-state index in [-0.39, 0.29) is 0 Å². The summed E-state index contributed by atoms with van der Waals surface area (Å²) in [6, 6.07) is 6.13. The van der Waals surface area contributed by atoms with Gasteiger partial charge in [-0.3, -0.25) is 5.10 Å². The van der Waals surface area contributed by atoms with Gasteiger partial charge in [0.15, 0.2) is 5.82 Å². The first-order chi connectivity index (χ1) is 5.83. The predicted molar refractivity (Wildman–Crippen MR) is 50.4 cm³/mol. The number of aromatic amines is 1. The maximum Gasteiger partial charge on any atom is 0.155 e. The summed E-state index contributed by atoms with van der Waals surface area (Å²) >= 11 is 0. The molecule has 2 rings (SSSR count). The van der Waals surface area contributed by atoms with Crippen LogP contribution in [0.25, 0.3) is 10.9 Å². The second kappa shape index (κ2) is 2.52. The lowest BCUT2D eigenvalue weighted by molar-refractivity contribution is 1.11. The predicted octanol–water partition coefficient (Wildman–Crippen LogP) is 1.91. The summed E-state index contributed by atoms with van der Waals surface area (Å²) in [5, 5.41) is 11.3. The number of anilines is 1. The van der Waals surface area contributed by atoms with E-state index in [0.717, 1.165) is 11.3 Å². The minimum absolute atomic E-state index is 0.920. The van der Waals surface area contributed by atoms with Gasteiger partial charge in [-0.25, -0.2) is 0 Å². The van der Waals surface area contributed by atoms with Crippen LogP contribution in [0.15, 0.2) is 18.2 Å². The number of nitrogens with one attached hydrogen (secondary N) is 2. The Hall–Kier alpha value is -1.51. The monoisotopic (exact) mass is 161 g/mol. The summed E-state index contributed by atoms with van der Waals surface area (Å²) in [6.07, 6.45) is 0. The average Bonchev–Trinajstić information content (AvgIpc) is 2.49. The van der Waals surface area contributed by atoms with Crippen LogP contribution in [0.3, 0.4) is 0 Å². The maximum atomic E-state index is 4.14. The van der Waals surface area contributed by atoms with Crippen molar-refractivity contribution in [3.05, 3.63) is 23.8 Å². The summed E-state index contributed by atoms with van der Waals surface area (Å²) < 4.78 is 0. The van der Waals surface area contributed by atoms with Crippen LogP contribution >= 0.6 is 0 Å². The maximum absolute atomic E-state index is 4.14. The second-order valence-corrected chi connectivity index (χ2v) is 2.82. The fourth-order valence-electron chi connectivity index (χ4n) is 1.43. The summed E-state index contributed by atoms with van der Waals surface area (Å²) in [5.74, 6) is 0.920. The first-order valence-electron chi connectivity index (χ1n) is 3.94. The largest absolute Gasteiger partial charge is 0.371 e. The minimum atomic E-state index is 0.920. The summed E-state index contributed by atoms with van der Waals surface area (Å²) in [6.45, 7) is 2.08. The Morgan fingerprint density at radius 2 is 2.25 bits per heavy atom. The highest BCUT2D eigenvalue weighted by molar-refractivity contribution is 5.92. The molecule has 1 aromatic heterocycles. The third kappa shape index (κ3) is 0.863. The van der Waals surface area contributed by atoms with E-state index >= 15 is 0 Å². The smallest absolute Gasteiger partial charge is 0.155 e. The van der Waals surface area contributed by atoms with E-state index in [0.29, 0.717) is 0 Å². The van der Waals surface area contributed by atoms with Crippen LogP contribution in [-0.4, -0.2) is 17.2 Å². The number of hydrogen-bond donors (Lipinski definition) is 2. The molecule has 0 spiro atoms. The highest BCUT2D eigenvalue weighted by Gasteiger charge is 2.04. The molecule has 0 saturated carbocycles. The van der Waals surface area contributed by atoms with Gasteiger partial charge in [-0.1, -0.05) is 12.1 Å². The normalized spacial score (nSPS) is 10.5. The molecule has 0 aliphatic carbocycles. The highest BCUT2D eigenvalue weighted by atomic mass is 15.2. The number of nitrogens with zero attached hydrogens (tertiary/aromatic N) is 1. The second-order valence-electron chi connectivity index (χ2n) is 2.82. The Morgan fingerprint density at radius 3 is 3.00 bits per heavy atom. The van der Waals surface area contributed by atoms with E-state index < -0.39 is 0 Å². The molecule has 1 aromatic carbocycles. The van der Waals surface area contributed by atoms with Crippen LogP contribution < -0.4 is 5.32 Å². The molecule has 0 atom stereocenters. The van der Waals surface area contributed by atoms with E-state index in [1.165, 1.54) is 10.9 Å². The Morgan fingerprint density at radius 1 is 1.42 bits per heavy atom. The molecule has 3 nitrogen and oxygen atoms in total. The van der Waals surface area contributed by atoms with E-state index in [1.807, 2.05) is 19.2 Å². The molecule has 3 heteroatoms. The van der Waals surface area contributed by atoms with Gasteiger partial charge in [0.1, 0.15) is 0 Å². The van der Waals surface area contributed by atoms with Crippen molar-refractivity contribution in [1.29, 1.82) is 0 Å². The zero-order valence-electron chi connectivity index (χ0n) is 7.18. The molecule has 12 heavy (non-hydrogen) atoms. The van der Waals surface area contributed by atoms with Crippen LogP contribution in [0.2, 0.25) is 0 Å². The fourth-order valence-corrected chi connectivity index (χ4v) is 1.43. The van der Waals surface area contributed by atoms with Crippen molar-refractivity contribution in [2.45, 2.75) is 6.92 Å². The molecular formula is C9H11N3. The van der Waals surface area contributed by atoms with Gasteiger partial charge >= 0.3 is 0 Å². The Bertz CT molecular complexity index is 403. The molecule has 0 aliphatic heterocycles. The Labute approximate surface area is 70.8 Å². The SMILES string of the molecule is CNc1n[nH]c2cccc(C)c12. The quantitative estimate of drug-likeness (QED) is 0.670. The van der Waals surface area contributed by atoms with Crippen LogP contribution in [0, 0.1) is 6.92 Å². The number of fused-ring (bicyclic) bond motifs is 1. The van der Waals surface area contributed by atoms with Crippen LogP contribution in [-0.2, 0) is 0 Å². The number of hydrogen-bond acceptors (Lipinski definition) is 2. The summed E-state index contributed by atoms with van der Waals surface area (Å²) in [5.41, 5.74) is 2.32. The van der Waals surface area contributed by atoms with E-state index in [4.69, 9.17) is 0 Å². The van der Waals surface area contributed by atoms with Crippen molar-refractivity contribution < 1.29 is 0 Å². The number of aromatic nitrogens is 2. The molecule has 0 radical (unpaired) electrons. The number of aryl methyl sites for hydroxylation is 1. The fraction of sp³-hybridized carbons (Fsp3) is 0.222. The molecule has 0 bridgehead atoms. The Balaban J connectivity index is 2.83. The lowest BCUT2D eigenvalue weighted by Crippen LogP contribution is -1.88. The van der Waals surface area contributed by atoms with Crippen molar-refractivity contribution in [1.82, 2.24) is 10.2 Å². The average molecular weight is 161 g/mol. The topological polar surface area (TPSA) is 40.7 Å². The van der Waals surface area contributed by atoms with Gasteiger partial charge in [0, 0.05) is 12.4 Å². The van der Waals surface area contributed by atoms with Gasteiger partial charge in [-0.2, -0.15) is 5.10 Å². The van der Waals surface area contributed by atoms with Crippen LogP contribution in [0.5, 0.6) is 0 Å². The van der Waals surface area contributed by atoms with Crippen LogP contribution in [0.1, 0.15) is 5.56 Å². The molecule has 0 fully saturated rings. The third-order valence-corrected chi connectivity index (χ3v) is 2.03. The number of H-pyrrole nitrogens is 1. The van der Waals surface area contributed by atoms with Crippen molar-refractivity contribution in [3.63, 3.8) is 0 Å². The molecule has 0 saturated heterocycles. The molecule has 0 aliphatic rings. The summed E-state index contributed by atoms with van der Waals surface area (Å²) in [7, 11) is 1.88. The van der Waals surface area contributed by atoms with E-state index in [9.17, 15) is 0 Å². The van der Waals surface area contributed by atoms with E-state index in [1.54, 1.807) is 0 Å². The zero-order valence-corrected chi connectivity index (χ0v) is 7.18. The van der Waals surface area contributed by atoms with Gasteiger partial charge in [-0.15, -0.1) is 0 Å². The molecule has 2 aromatic rings. The standard InChI is InChI=1S/C9H11N3/c1-6-4-3-5-7-8(6)9(10-2)12-11-7/h3-5H,1-2H3,(H2,10,11,12). The van der Waals surface area contributed by atoms with Gasteiger partial charge in [0.05, 0.1) is 5.52 Å². The Kier molecular flexibility index (Phi) is 1.50. The molecule has 0 amide bonds. The number of rotatable bonds is 1. The highest BCUT2D eigenvalue weighted by Crippen LogP contribution is 2.22. The van der Waals surface area contributed by atoms with E-state index in [2.05, 4.69) is 28.5 Å². The van der Waals surface area contributed by atoms with Crippen molar-refractivity contribution in [3.8, 4) is 0 Å². The van der Waals surface area contributed by atoms with Gasteiger partial charge in [0.2, 0.25) is 0 Å². The van der Waals surface area contributed by atoms with Gasteiger partial charge in [-0.05, 0) is 18.6 Å².